The Kier molecular flexibility index (Phi) is 6.39. The molecule has 0 aromatic heterocycles. The second-order valence-corrected chi connectivity index (χ2v) is 3.94. The number of rotatable bonds is 8. The molecule has 0 aliphatic heterocycles. The average Bonchev–Trinajstić information content (AvgIpc) is 2.34. The second-order valence-electron chi connectivity index (χ2n) is 3.94. The lowest BCUT2D eigenvalue weighted by molar-refractivity contribution is -0.467. The van der Waals surface area contributed by atoms with E-state index in [2.05, 4.69) is 4.74 Å². The molecule has 0 aromatic carbocycles. The van der Waals surface area contributed by atoms with Gasteiger partial charge in [-0.05, 0) is 0 Å². The summed E-state index contributed by atoms with van der Waals surface area (Å²) in [6, 6.07) is 0. The van der Waals surface area contributed by atoms with Gasteiger partial charge in [-0.2, -0.15) is 48.3 Å². The van der Waals surface area contributed by atoms with Crippen molar-refractivity contribution >= 4 is 0 Å². The van der Waals surface area contributed by atoms with Crippen molar-refractivity contribution in [3.8, 4) is 0 Å². The van der Waals surface area contributed by atoms with Gasteiger partial charge in [0.15, 0.2) is 0 Å². The first-order chi connectivity index (χ1) is 10.3. The van der Waals surface area contributed by atoms with Gasteiger partial charge in [-0.3, -0.25) is 4.74 Å². The average molecular weight is 398 g/mol. The summed E-state index contributed by atoms with van der Waals surface area (Å²) in [5, 5.41) is 0. The Labute approximate surface area is 122 Å². The fourth-order valence-electron chi connectivity index (χ4n) is 0.759. The molecule has 2 nitrogen and oxygen atoms in total. The predicted molar refractivity (Wildman–Crippen MR) is 43.8 cm³/mol. The zero-order valence-electron chi connectivity index (χ0n) is 10.5. The van der Waals surface area contributed by atoms with Crippen molar-refractivity contribution < 1.29 is 70.9 Å². The Morgan fingerprint density at radius 3 is 1.46 bits per heavy atom. The smallest absolute Gasteiger partial charge is 0.310 e. The molecule has 0 saturated heterocycles. The monoisotopic (exact) mass is 398 g/mol. The van der Waals surface area contributed by atoms with Crippen LogP contribution in [0.4, 0.5) is 61.5 Å². The van der Waals surface area contributed by atoms with Gasteiger partial charge in [-0.15, -0.1) is 0 Å². The van der Waals surface area contributed by atoms with E-state index in [1.807, 2.05) is 4.74 Å². The standard InChI is InChI=1S/C8H4F14O2/c9-2(10)4(12,13)1-23-5(14,15)3(11)24-8(21,22)6(16,17)7(18,19)20/h2-3H,1H2. The van der Waals surface area contributed by atoms with Crippen molar-refractivity contribution in [1.29, 1.82) is 0 Å². The van der Waals surface area contributed by atoms with Crippen molar-refractivity contribution in [1.82, 2.24) is 0 Å². The third-order valence-electron chi connectivity index (χ3n) is 2.01. The number of alkyl halides is 14. The van der Waals surface area contributed by atoms with Crippen LogP contribution in [0, 0.1) is 0 Å². The van der Waals surface area contributed by atoms with Crippen molar-refractivity contribution in [2.24, 2.45) is 0 Å². The van der Waals surface area contributed by atoms with E-state index in [0.29, 0.717) is 0 Å². The van der Waals surface area contributed by atoms with E-state index >= 15 is 0 Å². The SMILES string of the molecule is FC(F)C(F)(F)COC(F)(F)C(F)OC(F)(F)C(F)(F)C(F)(F)F. The molecule has 0 spiro atoms. The maximum atomic E-state index is 12.7. The Morgan fingerprint density at radius 1 is 0.708 bits per heavy atom. The fourth-order valence-corrected chi connectivity index (χ4v) is 0.759. The van der Waals surface area contributed by atoms with Crippen LogP contribution in [0.1, 0.15) is 0 Å². The summed E-state index contributed by atoms with van der Waals surface area (Å²) in [6.45, 7) is -2.98. The highest BCUT2D eigenvalue weighted by Gasteiger charge is 2.76. The molecule has 16 heteroatoms. The van der Waals surface area contributed by atoms with Crippen LogP contribution in [0.5, 0.6) is 0 Å². The van der Waals surface area contributed by atoms with E-state index in [-0.39, 0.29) is 0 Å². The van der Waals surface area contributed by atoms with Crippen molar-refractivity contribution in [3.05, 3.63) is 0 Å². The van der Waals surface area contributed by atoms with Gasteiger partial charge < -0.3 is 4.74 Å². The number of halogens is 14. The number of hydrogen-bond donors (Lipinski definition) is 0. The summed E-state index contributed by atoms with van der Waals surface area (Å²) >= 11 is 0. The topological polar surface area (TPSA) is 18.5 Å². The summed E-state index contributed by atoms with van der Waals surface area (Å²) < 4.78 is 175. The largest absolute Gasteiger partial charge is 0.462 e. The molecule has 0 heterocycles. The van der Waals surface area contributed by atoms with Crippen LogP contribution in [0.3, 0.4) is 0 Å². The molecule has 1 atom stereocenters. The molecule has 0 saturated carbocycles. The molecule has 0 bridgehead atoms. The Bertz CT molecular complexity index is 415. The summed E-state index contributed by atoms with van der Waals surface area (Å²) in [5.74, 6) is -12.5. The Morgan fingerprint density at radius 2 is 1.12 bits per heavy atom. The predicted octanol–water partition coefficient (Wildman–Crippen LogP) is 4.60. The van der Waals surface area contributed by atoms with Gasteiger partial charge >= 0.3 is 36.7 Å². The van der Waals surface area contributed by atoms with Crippen LogP contribution in [0.15, 0.2) is 0 Å². The molecular formula is C8H4F14O2. The van der Waals surface area contributed by atoms with E-state index in [9.17, 15) is 61.5 Å². The molecule has 0 amide bonds. The lowest BCUT2D eigenvalue weighted by atomic mass is 10.3. The number of ether oxygens (including phenoxy) is 2. The minimum absolute atomic E-state index is 1.94. The minimum atomic E-state index is -7.15. The van der Waals surface area contributed by atoms with E-state index in [1.54, 1.807) is 0 Å². The van der Waals surface area contributed by atoms with E-state index in [0.717, 1.165) is 0 Å². The third kappa shape index (κ3) is 4.97. The van der Waals surface area contributed by atoms with E-state index in [1.165, 1.54) is 0 Å². The van der Waals surface area contributed by atoms with Crippen molar-refractivity contribution in [3.63, 3.8) is 0 Å². The quantitative estimate of drug-likeness (QED) is 0.557. The maximum absolute atomic E-state index is 12.7. The summed E-state index contributed by atoms with van der Waals surface area (Å²) in [5.41, 5.74) is 0. The molecule has 0 aromatic rings. The van der Waals surface area contributed by atoms with Crippen LogP contribution < -0.4 is 0 Å². The van der Waals surface area contributed by atoms with Crippen LogP contribution in [-0.2, 0) is 9.47 Å². The van der Waals surface area contributed by atoms with Gasteiger partial charge in [0.05, 0.1) is 0 Å². The van der Waals surface area contributed by atoms with E-state index in [4.69, 9.17) is 0 Å². The van der Waals surface area contributed by atoms with Crippen molar-refractivity contribution in [2.75, 3.05) is 6.61 Å². The summed E-state index contributed by atoms with van der Waals surface area (Å²) in [7, 11) is 0. The van der Waals surface area contributed by atoms with Gasteiger partial charge in [0.25, 0.3) is 6.36 Å². The molecule has 0 N–H and O–H groups in total. The summed E-state index contributed by atoms with van der Waals surface area (Å²) in [6.07, 6.45) is -29.7. The zero-order chi connectivity index (χ0) is 19.8. The molecule has 24 heavy (non-hydrogen) atoms. The molecule has 0 radical (unpaired) electrons. The Hall–Kier alpha value is -1.06. The molecule has 1 unspecified atom stereocenters. The van der Waals surface area contributed by atoms with Gasteiger partial charge in [-0.1, -0.05) is 0 Å². The molecular weight excluding hydrogens is 394 g/mol. The highest BCUT2D eigenvalue weighted by atomic mass is 19.4. The Balaban J connectivity index is 5.11. The minimum Gasteiger partial charge on any atom is -0.310 e. The highest BCUT2D eigenvalue weighted by Crippen LogP contribution is 2.48. The normalized spacial score (nSPS) is 16.6. The number of hydrogen-bond acceptors (Lipinski definition) is 2. The molecule has 0 fully saturated rings. The molecule has 146 valence electrons. The lowest BCUT2D eigenvalue weighted by Gasteiger charge is -2.30. The third-order valence-corrected chi connectivity index (χ3v) is 2.01. The van der Waals surface area contributed by atoms with Gasteiger partial charge in [0.2, 0.25) is 0 Å². The van der Waals surface area contributed by atoms with Crippen LogP contribution >= 0.6 is 0 Å². The first kappa shape index (κ1) is 22.9. The van der Waals surface area contributed by atoms with E-state index < -0.39 is 49.6 Å². The first-order valence-electron chi connectivity index (χ1n) is 5.10. The van der Waals surface area contributed by atoms with Crippen LogP contribution in [0.25, 0.3) is 0 Å². The maximum Gasteiger partial charge on any atom is 0.462 e. The summed E-state index contributed by atoms with van der Waals surface area (Å²) in [4.78, 5) is 0. The van der Waals surface area contributed by atoms with Crippen LogP contribution in [0.2, 0.25) is 0 Å². The zero-order valence-corrected chi connectivity index (χ0v) is 10.5. The first-order valence-corrected chi connectivity index (χ1v) is 5.10. The van der Waals surface area contributed by atoms with Gasteiger partial charge in [-0.25, -0.2) is 13.2 Å². The van der Waals surface area contributed by atoms with Gasteiger partial charge in [0.1, 0.15) is 6.61 Å². The van der Waals surface area contributed by atoms with Crippen LogP contribution in [-0.4, -0.2) is 49.6 Å². The molecule has 0 aliphatic rings. The van der Waals surface area contributed by atoms with Gasteiger partial charge in [0, 0.05) is 0 Å². The lowest BCUT2D eigenvalue weighted by Crippen LogP contribution is -2.56. The molecule has 0 rings (SSSR count). The second kappa shape index (κ2) is 6.68. The van der Waals surface area contributed by atoms with Crippen molar-refractivity contribution in [2.45, 2.75) is 43.0 Å². The molecule has 0 aliphatic carbocycles. The fraction of sp³-hybridized carbons (Fsp3) is 1.00. The highest BCUT2D eigenvalue weighted by molar-refractivity contribution is 4.85.